The minimum absolute atomic E-state index is 0.0618. The number of benzene rings is 1. The molecule has 3 rings (SSSR count). The Morgan fingerprint density at radius 3 is 2.41 bits per heavy atom. The highest BCUT2D eigenvalue weighted by Gasteiger charge is 2.40. The van der Waals surface area contributed by atoms with Gasteiger partial charge in [-0.05, 0) is 31.0 Å². The first-order chi connectivity index (χ1) is 12.8. The number of carbonyl (C=O) groups excluding carboxylic acids is 3. The molecule has 7 heteroatoms. The lowest BCUT2D eigenvalue weighted by atomic mass is 9.94. The summed E-state index contributed by atoms with van der Waals surface area (Å²) in [5, 5.41) is 9.00. The average molecular weight is 372 g/mol. The molecule has 0 saturated heterocycles. The second kappa shape index (κ2) is 7.50. The van der Waals surface area contributed by atoms with E-state index in [2.05, 4.69) is 0 Å². The summed E-state index contributed by atoms with van der Waals surface area (Å²) in [4.78, 5) is 51.8. The summed E-state index contributed by atoms with van der Waals surface area (Å²) < 4.78 is 0. The van der Waals surface area contributed by atoms with Crippen LogP contribution in [0.3, 0.4) is 0 Å². The lowest BCUT2D eigenvalue weighted by Crippen LogP contribution is -2.40. The molecule has 1 aromatic carbocycles. The number of carboxylic acid groups (broad SMARTS) is 1. The van der Waals surface area contributed by atoms with Gasteiger partial charge in [0, 0.05) is 25.2 Å². The first-order valence-electron chi connectivity index (χ1n) is 9.31. The molecule has 1 aliphatic carbocycles. The summed E-state index contributed by atoms with van der Waals surface area (Å²) in [5.41, 5.74) is 0.875. The summed E-state index contributed by atoms with van der Waals surface area (Å²) in [6, 6.07) is 4.45. The van der Waals surface area contributed by atoms with Crippen LogP contribution in [-0.2, 0) is 4.79 Å². The first-order valence-corrected chi connectivity index (χ1v) is 9.31. The van der Waals surface area contributed by atoms with Crippen molar-refractivity contribution in [1.29, 1.82) is 0 Å². The van der Waals surface area contributed by atoms with Gasteiger partial charge in [-0.3, -0.25) is 24.1 Å². The summed E-state index contributed by atoms with van der Waals surface area (Å²) in [5.74, 6) is -2.67. The molecule has 1 fully saturated rings. The number of imide groups is 1. The van der Waals surface area contributed by atoms with E-state index in [-0.39, 0.29) is 41.4 Å². The van der Waals surface area contributed by atoms with Gasteiger partial charge in [-0.2, -0.15) is 0 Å². The van der Waals surface area contributed by atoms with Crippen LogP contribution in [-0.4, -0.2) is 58.2 Å². The Labute approximate surface area is 157 Å². The minimum Gasteiger partial charge on any atom is -0.481 e. The molecule has 1 N–H and O–H groups in total. The lowest BCUT2D eigenvalue weighted by Gasteiger charge is -2.29. The largest absolute Gasteiger partial charge is 0.481 e. The third-order valence-corrected chi connectivity index (χ3v) is 5.42. The zero-order chi connectivity index (χ0) is 19.7. The molecular weight excluding hydrogens is 348 g/mol. The Morgan fingerprint density at radius 2 is 1.78 bits per heavy atom. The number of aliphatic carboxylic acids is 1. The smallest absolute Gasteiger partial charge is 0.308 e. The van der Waals surface area contributed by atoms with Crippen molar-refractivity contribution in [3.8, 4) is 0 Å². The van der Waals surface area contributed by atoms with Crippen LogP contribution in [0.15, 0.2) is 18.2 Å². The number of carbonyl (C=O) groups is 4. The Balaban J connectivity index is 1.81. The molecule has 0 radical (unpaired) electrons. The average Bonchev–Trinajstić information content (AvgIpc) is 2.91. The maximum absolute atomic E-state index is 12.8. The monoisotopic (exact) mass is 372 g/mol. The normalized spacial score (nSPS) is 18.4. The van der Waals surface area contributed by atoms with E-state index in [4.69, 9.17) is 5.11 Å². The second-order valence-corrected chi connectivity index (χ2v) is 7.46. The van der Waals surface area contributed by atoms with E-state index in [9.17, 15) is 19.2 Å². The number of hydrogen-bond donors (Lipinski definition) is 1. The fraction of sp³-hybridized carbons (Fsp3) is 0.500. The standard InChI is InChI=1S/C20H24N2O5/c1-12(20(26)27)11-21(2)17(23)13-8-9-15-16(10-13)19(25)22(18(15)24)14-6-4-3-5-7-14/h8-10,12,14H,3-7,11H2,1-2H3,(H,26,27). The van der Waals surface area contributed by atoms with Gasteiger partial charge in [0.15, 0.2) is 0 Å². The predicted molar refractivity (Wildman–Crippen MR) is 97.6 cm³/mol. The van der Waals surface area contributed by atoms with Crippen LogP contribution in [0, 0.1) is 5.92 Å². The molecule has 144 valence electrons. The molecule has 1 unspecified atom stereocenters. The number of amides is 3. The number of carboxylic acids is 1. The third-order valence-electron chi connectivity index (χ3n) is 5.42. The SMILES string of the molecule is CC(CN(C)C(=O)c1ccc2c(c1)C(=O)N(C1CCCCC1)C2=O)C(=O)O. The Kier molecular flexibility index (Phi) is 5.30. The summed E-state index contributed by atoms with van der Waals surface area (Å²) >= 11 is 0. The van der Waals surface area contributed by atoms with Crippen molar-refractivity contribution in [3.63, 3.8) is 0 Å². The van der Waals surface area contributed by atoms with Crippen molar-refractivity contribution in [2.45, 2.75) is 45.1 Å². The van der Waals surface area contributed by atoms with Crippen LogP contribution < -0.4 is 0 Å². The third kappa shape index (κ3) is 3.59. The predicted octanol–water partition coefficient (Wildman–Crippen LogP) is 2.41. The molecule has 7 nitrogen and oxygen atoms in total. The van der Waals surface area contributed by atoms with Crippen molar-refractivity contribution >= 4 is 23.7 Å². The van der Waals surface area contributed by atoms with E-state index in [1.807, 2.05) is 0 Å². The van der Waals surface area contributed by atoms with E-state index in [0.29, 0.717) is 5.56 Å². The van der Waals surface area contributed by atoms with E-state index < -0.39 is 11.9 Å². The molecule has 1 aromatic rings. The van der Waals surface area contributed by atoms with Gasteiger partial charge in [0.25, 0.3) is 17.7 Å². The van der Waals surface area contributed by atoms with Gasteiger partial charge < -0.3 is 10.0 Å². The maximum Gasteiger partial charge on any atom is 0.308 e. The highest BCUT2D eigenvalue weighted by molar-refractivity contribution is 6.22. The van der Waals surface area contributed by atoms with Crippen LogP contribution in [0.2, 0.25) is 0 Å². The van der Waals surface area contributed by atoms with Gasteiger partial charge in [0.05, 0.1) is 17.0 Å². The molecule has 1 atom stereocenters. The van der Waals surface area contributed by atoms with Crippen molar-refractivity contribution in [3.05, 3.63) is 34.9 Å². The second-order valence-electron chi connectivity index (χ2n) is 7.46. The molecule has 1 saturated carbocycles. The summed E-state index contributed by atoms with van der Waals surface area (Å²) in [7, 11) is 1.52. The summed E-state index contributed by atoms with van der Waals surface area (Å²) in [6.07, 6.45) is 4.79. The van der Waals surface area contributed by atoms with E-state index in [0.717, 1.165) is 32.1 Å². The molecular formula is C20H24N2O5. The number of hydrogen-bond acceptors (Lipinski definition) is 4. The van der Waals surface area contributed by atoms with Crippen LogP contribution in [0.25, 0.3) is 0 Å². The Morgan fingerprint density at radius 1 is 1.15 bits per heavy atom. The number of rotatable bonds is 5. The molecule has 3 amide bonds. The van der Waals surface area contributed by atoms with E-state index in [1.165, 1.54) is 42.0 Å². The van der Waals surface area contributed by atoms with Gasteiger partial charge in [-0.1, -0.05) is 26.2 Å². The maximum atomic E-state index is 12.8. The van der Waals surface area contributed by atoms with Crippen molar-refractivity contribution in [1.82, 2.24) is 9.80 Å². The fourth-order valence-corrected chi connectivity index (χ4v) is 3.86. The number of fused-ring (bicyclic) bond motifs is 1. The Hall–Kier alpha value is -2.70. The van der Waals surface area contributed by atoms with E-state index >= 15 is 0 Å². The minimum atomic E-state index is -0.979. The molecule has 27 heavy (non-hydrogen) atoms. The van der Waals surface area contributed by atoms with Crippen molar-refractivity contribution in [2.75, 3.05) is 13.6 Å². The zero-order valence-electron chi connectivity index (χ0n) is 15.6. The fourth-order valence-electron chi connectivity index (χ4n) is 3.86. The van der Waals surface area contributed by atoms with Crippen molar-refractivity contribution < 1.29 is 24.3 Å². The molecule has 1 aliphatic heterocycles. The quantitative estimate of drug-likeness (QED) is 0.801. The highest BCUT2D eigenvalue weighted by Crippen LogP contribution is 2.31. The van der Waals surface area contributed by atoms with Gasteiger partial charge in [-0.15, -0.1) is 0 Å². The first kappa shape index (κ1) is 19.1. The molecule has 1 heterocycles. The van der Waals surface area contributed by atoms with Crippen LogP contribution in [0.4, 0.5) is 0 Å². The lowest BCUT2D eigenvalue weighted by molar-refractivity contribution is -0.141. The molecule has 2 aliphatic rings. The van der Waals surface area contributed by atoms with E-state index in [1.54, 1.807) is 0 Å². The Bertz CT molecular complexity index is 798. The number of nitrogens with zero attached hydrogens (tertiary/aromatic N) is 2. The van der Waals surface area contributed by atoms with Gasteiger partial charge in [-0.25, -0.2) is 0 Å². The van der Waals surface area contributed by atoms with Crippen molar-refractivity contribution in [2.24, 2.45) is 5.92 Å². The van der Waals surface area contributed by atoms with Gasteiger partial charge in [0.1, 0.15) is 0 Å². The topological polar surface area (TPSA) is 95.0 Å². The summed E-state index contributed by atoms with van der Waals surface area (Å²) in [6.45, 7) is 1.59. The molecule has 0 spiro atoms. The molecule has 0 aromatic heterocycles. The van der Waals surface area contributed by atoms with Crippen LogP contribution >= 0.6 is 0 Å². The highest BCUT2D eigenvalue weighted by atomic mass is 16.4. The van der Waals surface area contributed by atoms with Crippen LogP contribution in [0.5, 0.6) is 0 Å². The van der Waals surface area contributed by atoms with Gasteiger partial charge >= 0.3 is 5.97 Å². The zero-order valence-corrected chi connectivity index (χ0v) is 15.6. The van der Waals surface area contributed by atoms with Crippen LogP contribution in [0.1, 0.15) is 70.1 Å². The molecule has 0 bridgehead atoms. The van der Waals surface area contributed by atoms with Gasteiger partial charge in [0.2, 0.25) is 0 Å².